The van der Waals surface area contributed by atoms with Crippen LogP contribution < -0.4 is 0 Å². The number of hydrogen-bond acceptors (Lipinski definition) is 0. The van der Waals surface area contributed by atoms with Crippen molar-refractivity contribution in [2.24, 2.45) is 16.7 Å². The Morgan fingerprint density at radius 2 is 1.20 bits per heavy atom. The first-order valence-electron chi connectivity index (χ1n) is 8.09. The smallest absolute Gasteiger partial charge is 0.0108 e. The van der Waals surface area contributed by atoms with Crippen LogP contribution >= 0.6 is 0 Å². The van der Waals surface area contributed by atoms with Crippen molar-refractivity contribution < 1.29 is 0 Å². The molecule has 0 bridgehead atoms. The molecule has 0 atom stereocenters. The fourth-order valence-corrected chi connectivity index (χ4v) is 3.74. The van der Waals surface area contributed by atoms with E-state index in [2.05, 4.69) is 71.1 Å². The van der Waals surface area contributed by atoms with E-state index >= 15 is 0 Å². The average molecular weight is 270 g/mol. The Bertz CT molecular complexity index is 422. The van der Waals surface area contributed by atoms with Crippen LogP contribution in [0.4, 0.5) is 0 Å². The molecule has 2 rings (SSSR count). The maximum Gasteiger partial charge on any atom is -0.0108 e. The van der Waals surface area contributed by atoms with Gasteiger partial charge in [0, 0.05) is 0 Å². The van der Waals surface area contributed by atoms with Crippen LogP contribution in [-0.4, -0.2) is 0 Å². The molecule has 0 amide bonds. The van der Waals surface area contributed by atoms with E-state index in [0.717, 1.165) is 0 Å². The molecule has 0 saturated carbocycles. The summed E-state index contributed by atoms with van der Waals surface area (Å²) in [5, 5.41) is 0. The zero-order chi connectivity index (χ0) is 14.8. The lowest BCUT2D eigenvalue weighted by molar-refractivity contribution is 0.143. The molecule has 0 aromatic heterocycles. The van der Waals surface area contributed by atoms with Crippen molar-refractivity contribution in [2.75, 3.05) is 0 Å². The molecule has 0 aliphatic heterocycles. The van der Waals surface area contributed by atoms with Gasteiger partial charge in [-0.05, 0) is 42.4 Å². The van der Waals surface area contributed by atoms with Crippen LogP contribution in [0, 0.1) is 16.7 Å². The molecule has 2 aliphatic rings. The van der Waals surface area contributed by atoms with Gasteiger partial charge >= 0.3 is 0 Å². The van der Waals surface area contributed by atoms with Crippen molar-refractivity contribution in [3.8, 4) is 0 Å². The number of rotatable bonds is 4. The van der Waals surface area contributed by atoms with E-state index in [1.54, 1.807) is 11.1 Å². The van der Waals surface area contributed by atoms with Crippen molar-refractivity contribution in [1.82, 2.24) is 0 Å². The lowest BCUT2D eigenvalue weighted by Gasteiger charge is -2.46. The molecule has 0 unspecified atom stereocenters. The van der Waals surface area contributed by atoms with E-state index in [4.69, 9.17) is 0 Å². The monoisotopic (exact) mass is 270 g/mol. The second-order valence-electron chi connectivity index (χ2n) is 7.48. The quantitative estimate of drug-likeness (QED) is 0.568. The van der Waals surface area contributed by atoms with Gasteiger partial charge in [0.15, 0.2) is 0 Å². The van der Waals surface area contributed by atoms with Gasteiger partial charge in [0.2, 0.25) is 0 Å². The summed E-state index contributed by atoms with van der Waals surface area (Å²) in [6, 6.07) is 0. The first-order chi connectivity index (χ1) is 9.37. The van der Waals surface area contributed by atoms with E-state index in [1.807, 2.05) is 0 Å². The molecule has 0 aromatic carbocycles. The van der Waals surface area contributed by atoms with Gasteiger partial charge in [0.05, 0.1) is 0 Å². The van der Waals surface area contributed by atoms with Gasteiger partial charge < -0.3 is 0 Å². The van der Waals surface area contributed by atoms with Gasteiger partial charge in [-0.1, -0.05) is 82.2 Å². The van der Waals surface area contributed by atoms with Crippen molar-refractivity contribution in [3.63, 3.8) is 0 Å². The maximum atomic E-state index is 2.44. The predicted octanol–water partition coefficient (Wildman–Crippen LogP) is 6.23. The van der Waals surface area contributed by atoms with Crippen molar-refractivity contribution in [2.45, 2.75) is 60.3 Å². The molecule has 0 radical (unpaired) electrons. The van der Waals surface area contributed by atoms with Crippen LogP contribution in [0.5, 0.6) is 0 Å². The second-order valence-corrected chi connectivity index (χ2v) is 7.48. The zero-order valence-electron chi connectivity index (χ0n) is 13.9. The lowest BCUT2D eigenvalue weighted by Crippen LogP contribution is -2.37. The molecule has 0 nitrogen and oxygen atoms in total. The summed E-state index contributed by atoms with van der Waals surface area (Å²) >= 11 is 0. The van der Waals surface area contributed by atoms with Crippen LogP contribution in [0.15, 0.2) is 47.6 Å². The van der Waals surface area contributed by atoms with E-state index < -0.39 is 0 Å². The van der Waals surface area contributed by atoms with Crippen molar-refractivity contribution >= 4 is 0 Å². The van der Waals surface area contributed by atoms with Crippen LogP contribution in [-0.2, 0) is 0 Å². The van der Waals surface area contributed by atoms with Gasteiger partial charge in [-0.25, -0.2) is 0 Å². The fourth-order valence-electron chi connectivity index (χ4n) is 3.74. The minimum absolute atomic E-state index is 0.260. The standard InChI is InChI=1S/C20H30/c1-16(19(2,3)17-12-8-6-9-13-17)20(4,5)18-14-10-7-11-15-18/h6-8,10,12,14,16H,9,11,13,15H2,1-5H3. The highest BCUT2D eigenvalue weighted by molar-refractivity contribution is 5.29. The molecule has 0 heteroatoms. The first kappa shape index (κ1) is 15.4. The summed E-state index contributed by atoms with van der Waals surface area (Å²) < 4.78 is 0. The zero-order valence-corrected chi connectivity index (χ0v) is 13.9. The molecular formula is C20H30. The van der Waals surface area contributed by atoms with E-state index in [-0.39, 0.29) is 10.8 Å². The molecule has 0 spiro atoms. The van der Waals surface area contributed by atoms with Crippen LogP contribution in [0.3, 0.4) is 0 Å². The summed E-state index contributed by atoms with van der Waals surface area (Å²) in [6.07, 6.45) is 18.6. The fraction of sp³-hybridized carbons (Fsp3) is 0.600. The summed E-state index contributed by atoms with van der Waals surface area (Å²) in [4.78, 5) is 0. The highest BCUT2D eigenvalue weighted by atomic mass is 14.4. The topological polar surface area (TPSA) is 0 Å². The molecule has 2 aliphatic carbocycles. The first-order valence-corrected chi connectivity index (χ1v) is 8.09. The average Bonchev–Trinajstić information content (AvgIpc) is 2.48. The second kappa shape index (κ2) is 5.76. The van der Waals surface area contributed by atoms with E-state index in [9.17, 15) is 0 Å². The van der Waals surface area contributed by atoms with Crippen molar-refractivity contribution in [3.05, 3.63) is 47.6 Å². The molecule has 20 heavy (non-hydrogen) atoms. The van der Waals surface area contributed by atoms with Gasteiger partial charge in [-0.15, -0.1) is 0 Å². The Kier molecular flexibility index (Phi) is 4.42. The molecule has 0 aromatic rings. The largest absolute Gasteiger partial charge is 0.0842 e. The third-order valence-electron chi connectivity index (χ3n) is 5.85. The molecule has 0 heterocycles. The highest BCUT2D eigenvalue weighted by Gasteiger charge is 2.41. The lowest BCUT2D eigenvalue weighted by atomic mass is 9.58. The van der Waals surface area contributed by atoms with Gasteiger partial charge in [0.25, 0.3) is 0 Å². The van der Waals surface area contributed by atoms with Gasteiger partial charge in [-0.2, -0.15) is 0 Å². The van der Waals surface area contributed by atoms with Gasteiger partial charge in [0.1, 0.15) is 0 Å². The predicted molar refractivity (Wildman–Crippen MR) is 89.6 cm³/mol. The highest BCUT2D eigenvalue weighted by Crippen LogP contribution is 2.50. The Hall–Kier alpha value is -1.04. The van der Waals surface area contributed by atoms with Crippen LogP contribution in [0.1, 0.15) is 60.3 Å². The summed E-state index contributed by atoms with van der Waals surface area (Å²) in [7, 11) is 0. The minimum atomic E-state index is 0.260. The third kappa shape index (κ3) is 2.85. The summed E-state index contributed by atoms with van der Waals surface area (Å²) in [5.41, 5.74) is 3.76. The molecule has 0 saturated heterocycles. The maximum absolute atomic E-state index is 2.44. The molecule has 110 valence electrons. The Morgan fingerprint density at radius 1 is 0.800 bits per heavy atom. The Morgan fingerprint density at radius 3 is 1.50 bits per heavy atom. The van der Waals surface area contributed by atoms with Gasteiger partial charge in [-0.3, -0.25) is 0 Å². The normalized spacial score (nSPS) is 20.1. The van der Waals surface area contributed by atoms with Crippen LogP contribution in [0.25, 0.3) is 0 Å². The minimum Gasteiger partial charge on any atom is -0.0842 e. The number of allylic oxidation sites excluding steroid dienone is 8. The van der Waals surface area contributed by atoms with Crippen LogP contribution in [0.2, 0.25) is 0 Å². The SMILES string of the molecule is CC(C(C)(C)C1=CC=CCC1)C(C)(C)C1=CC=CCC1. The third-order valence-corrected chi connectivity index (χ3v) is 5.85. The van der Waals surface area contributed by atoms with E-state index in [1.165, 1.54) is 25.7 Å². The van der Waals surface area contributed by atoms with E-state index in [0.29, 0.717) is 5.92 Å². The Balaban J connectivity index is 2.26. The van der Waals surface area contributed by atoms with Crippen molar-refractivity contribution in [1.29, 1.82) is 0 Å². The molecule has 0 N–H and O–H groups in total. The number of hydrogen-bond donors (Lipinski definition) is 0. The summed E-state index contributed by atoms with van der Waals surface area (Å²) in [6.45, 7) is 12.2. The molecule has 0 fully saturated rings. The molecular weight excluding hydrogens is 240 g/mol. The Labute approximate surface area is 125 Å². The summed E-state index contributed by atoms with van der Waals surface area (Å²) in [5.74, 6) is 0.630.